The Morgan fingerprint density at radius 2 is 1.28 bits per heavy atom. The van der Waals surface area contributed by atoms with Gasteiger partial charge in [-0.2, -0.15) is 13.2 Å². The van der Waals surface area contributed by atoms with Gasteiger partial charge in [-0.3, -0.25) is 9.59 Å². The molecule has 2 fully saturated rings. The van der Waals surface area contributed by atoms with Crippen molar-refractivity contribution in [3.63, 3.8) is 0 Å². The maximum atomic E-state index is 13.7. The minimum absolute atomic E-state index is 0.0245. The molecule has 5 rings (SSSR count). The van der Waals surface area contributed by atoms with E-state index >= 15 is 0 Å². The lowest BCUT2D eigenvalue weighted by Crippen LogP contribution is -2.65. The normalized spacial score (nSPS) is 27.9. The number of ether oxygens (including phenoxy) is 6. The number of amides is 1. The summed E-state index contributed by atoms with van der Waals surface area (Å²) in [6.45, 7) is 5.49. The lowest BCUT2D eigenvalue weighted by Gasteiger charge is -2.49. The molecule has 11 atom stereocenters. The smallest absolute Gasteiger partial charge is 0.456 e. The van der Waals surface area contributed by atoms with E-state index in [1.807, 2.05) is 92.7 Å². The molecule has 316 valence electrons. The van der Waals surface area contributed by atoms with Crippen LogP contribution in [0, 0.1) is 17.8 Å². The van der Waals surface area contributed by atoms with Crippen molar-refractivity contribution in [1.29, 1.82) is 0 Å². The Morgan fingerprint density at radius 3 is 1.83 bits per heavy atom. The minimum atomic E-state index is -5.22. The summed E-state index contributed by atoms with van der Waals surface area (Å²) in [6.07, 6.45) is -12.6. The van der Waals surface area contributed by atoms with Gasteiger partial charge in [-0.15, -0.1) is 0 Å². The van der Waals surface area contributed by atoms with Crippen molar-refractivity contribution >= 4 is 61.0 Å². The van der Waals surface area contributed by atoms with Crippen molar-refractivity contribution in [2.75, 3.05) is 6.61 Å². The van der Waals surface area contributed by atoms with Crippen molar-refractivity contribution < 1.29 is 60.5 Å². The third-order valence-electron chi connectivity index (χ3n) is 9.94. The Kier molecular flexibility index (Phi) is 16.8. The first-order valence-corrected chi connectivity index (χ1v) is 20.4. The molecule has 0 radical (unpaired) electrons. The van der Waals surface area contributed by atoms with E-state index in [-0.39, 0.29) is 26.4 Å². The highest BCUT2D eigenvalue weighted by atomic mass is 35.6. The van der Waals surface area contributed by atoms with Gasteiger partial charge >= 0.3 is 12.1 Å². The van der Waals surface area contributed by atoms with Crippen LogP contribution in [-0.4, -0.2) is 77.0 Å². The molecule has 2 aliphatic heterocycles. The molecule has 2 aliphatic rings. The van der Waals surface area contributed by atoms with Gasteiger partial charge in [-0.1, -0.05) is 147 Å². The summed E-state index contributed by atoms with van der Waals surface area (Å²) in [5.74, 6) is -3.48. The van der Waals surface area contributed by atoms with Crippen molar-refractivity contribution in [3.05, 3.63) is 108 Å². The Hall–Kier alpha value is -2.88. The zero-order valence-corrected chi connectivity index (χ0v) is 34.9. The van der Waals surface area contributed by atoms with Crippen LogP contribution in [0.3, 0.4) is 0 Å². The van der Waals surface area contributed by atoms with E-state index in [0.29, 0.717) is 0 Å². The van der Waals surface area contributed by atoms with Crippen LogP contribution in [0.5, 0.6) is 0 Å². The van der Waals surface area contributed by atoms with Gasteiger partial charge in [0.05, 0.1) is 40.8 Å². The Balaban J connectivity index is 1.48. The first-order chi connectivity index (χ1) is 27.5. The highest BCUT2D eigenvalue weighted by molar-refractivity contribution is 7.53. The predicted octanol–water partition coefficient (Wildman–Crippen LogP) is 7.83. The number of hydrogen-bond acceptors (Lipinski definition) is 10. The summed E-state index contributed by atoms with van der Waals surface area (Å²) in [6, 6.07) is 26.0. The van der Waals surface area contributed by atoms with Gasteiger partial charge in [0.15, 0.2) is 18.7 Å². The molecule has 0 bridgehead atoms. The van der Waals surface area contributed by atoms with Crippen LogP contribution < -0.4 is 5.32 Å². The molecule has 58 heavy (non-hydrogen) atoms. The molecule has 0 aromatic heterocycles. The Morgan fingerprint density at radius 1 is 0.724 bits per heavy atom. The highest BCUT2D eigenvalue weighted by Crippen LogP contribution is 2.40. The van der Waals surface area contributed by atoms with Gasteiger partial charge in [0.2, 0.25) is 0 Å². The molecule has 1 N–H and O–H groups in total. The number of rotatable bonds is 16. The second kappa shape index (κ2) is 21.1. The van der Waals surface area contributed by atoms with Gasteiger partial charge in [0, 0.05) is 5.92 Å². The van der Waals surface area contributed by atoms with Crippen molar-refractivity contribution in [2.24, 2.45) is 17.8 Å². The topological polar surface area (TPSA) is 128 Å². The number of carbonyl (C=O) groups is 3. The van der Waals surface area contributed by atoms with Crippen molar-refractivity contribution in [1.82, 2.24) is 5.32 Å². The lowest BCUT2D eigenvalue weighted by molar-refractivity contribution is -0.322. The molecule has 2 heterocycles. The summed E-state index contributed by atoms with van der Waals surface area (Å²) in [5.41, 5.74) is 0.236. The summed E-state index contributed by atoms with van der Waals surface area (Å²) in [7, 11) is -1.78. The van der Waals surface area contributed by atoms with Crippen LogP contribution in [0.4, 0.5) is 13.2 Å². The van der Waals surface area contributed by atoms with E-state index in [0.717, 1.165) is 16.7 Å². The fraction of sp³-hybridized carbons (Fsp3) is 0.475. The summed E-state index contributed by atoms with van der Waals surface area (Å²) >= 11 is 17.8. The van der Waals surface area contributed by atoms with Gasteiger partial charge in [0.1, 0.15) is 18.8 Å². The number of nitrogens with one attached hydrogen (secondary N) is 1. The molecule has 3 aromatic carbocycles. The molecule has 0 saturated carbocycles. The van der Waals surface area contributed by atoms with Gasteiger partial charge in [-0.25, -0.2) is 4.79 Å². The Bertz CT molecular complexity index is 1780. The molecule has 18 heteroatoms. The third kappa shape index (κ3) is 12.8. The number of benzene rings is 3. The average Bonchev–Trinajstić information content (AvgIpc) is 3.19. The molecule has 6 unspecified atom stereocenters. The van der Waals surface area contributed by atoms with E-state index in [9.17, 15) is 27.6 Å². The van der Waals surface area contributed by atoms with Crippen LogP contribution in [0.25, 0.3) is 0 Å². The second-order valence-corrected chi connectivity index (χ2v) is 17.2. The fourth-order valence-electron chi connectivity index (χ4n) is 6.51. The van der Waals surface area contributed by atoms with Crippen LogP contribution in [0.1, 0.15) is 37.5 Å². The highest BCUT2D eigenvalue weighted by Gasteiger charge is 2.53. The number of halogens is 6. The van der Waals surface area contributed by atoms with E-state index < -0.39 is 97.0 Å². The van der Waals surface area contributed by atoms with Gasteiger partial charge in [-0.05, 0) is 28.5 Å². The molecule has 0 aliphatic carbocycles. The SMILES string of the molecule is C[C@@H]1C(OCc2ccccc2)[C@H](O[C@@H]2C(NC(=O)C(Cl)(Cl)Cl)C(OPC(=O)C(F)(F)F)OC(COCc3ccccc3)[C@@H]2C)OC(C(=O)OCc2ccccc2)[C@@H]1C. The van der Waals surface area contributed by atoms with Gasteiger partial charge in [0.25, 0.3) is 15.2 Å². The third-order valence-corrected chi connectivity index (χ3v) is 11.3. The average molecular weight is 893 g/mol. The standard InChI is InChI=1S/C40H44Cl3F3NO10P/c1-23-24(2)33(52-20-27-15-9-5-10-16-27)36(56-32(23)34(48)53-21-28-17-11-6-12-18-28)55-31-25(3)29(22-51-19-26-13-7-4-8-14-26)54-35(57-58-38(50)40(44,45)46)30(31)47-37(49)39(41,42)43/h4-18,23-25,29-33,35-36,58H,19-22H2,1-3H3,(H,47,49)/t23-,24+,25+,29?,30?,31+,32?,33?,35?,36-/m1/s1. The lowest BCUT2D eigenvalue weighted by atomic mass is 9.83. The predicted molar refractivity (Wildman–Crippen MR) is 210 cm³/mol. The molecule has 2 saturated heterocycles. The Labute approximate surface area is 351 Å². The van der Waals surface area contributed by atoms with Crippen molar-refractivity contribution in [2.45, 2.75) is 93.6 Å². The first-order valence-electron chi connectivity index (χ1n) is 18.4. The van der Waals surface area contributed by atoms with E-state index in [1.165, 1.54) is 0 Å². The van der Waals surface area contributed by atoms with Crippen LogP contribution in [-0.2, 0) is 67.1 Å². The number of carbonyl (C=O) groups excluding carboxylic acids is 3. The molecule has 0 spiro atoms. The van der Waals surface area contributed by atoms with Crippen molar-refractivity contribution in [3.8, 4) is 0 Å². The van der Waals surface area contributed by atoms with Gasteiger partial charge < -0.3 is 38.3 Å². The quantitative estimate of drug-likeness (QED) is 0.0864. The zero-order valence-electron chi connectivity index (χ0n) is 31.6. The van der Waals surface area contributed by atoms with Crippen LogP contribution in [0.2, 0.25) is 0 Å². The van der Waals surface area contributed by atoms with E-state index in [4.69, 9.17) is 67.7 Å². The molecular weight excluding hydrogens is 849 g/mol. The van der Waals surface area contributed by atoms with Crippen LogP contribution in [0.15, 0.2) is 91.0 Å². The largest absolute Gasteiger partial charge is 0.459 e. The van der Waals surface area contributed by atoms with Crippen LogP contribution >= 0.6 is 43.6 Å². The number of hydrogen-bond donors (Lipinski definition) is 1. The molecule has 3 aromatic rings. The zero-order chi connectivity index (χ0) is 42.0. The summed E-state index contributed by atoms with van der Waals surface area (Å²) < 4.78 is 80.4. The maximum absolute atomic E-state index is 13.7. The minimum Gasteiger partial charge on any atom is -0.459 e. The maximum Gasteiger partial charge on any atom is 0.456 e. The molecule has 1 amide bonds. The molecular formula is C40H44Cl3F3NO10P. The van der Waals surface area contributed by atoms with E-state index in [1.54, 1.807) is 19.1 Å². The number of esters is 1. The first kappa shape index (κ1) is 46.2. The molecule has 11 nitrogen and oxygen atoms in total. The second-order valence-electron chi connectivity index (χ2n) is 14.0. The number of alkyl halides is 6. The summed E-state index contributed by atoms with van der Waals surface area (Å²) in [4.78, 5) is 38.9. The summed E-state index contributed by atoms with van der Waals surface area (Å²) in [5, 5.41) is 2.48. The monoisotopic (exact) mass is 891 g/mol. The van der Waals surface area contributed by atoms with E-state index in [2.05, 4.69) is 5.32 Å². The fourth-order valence-corrected chi connectivity index (χ4v) is 7.21.